The van der Waals surface area contributed by atoms with E-state index in [2.05, 4.69) is 16.3 Å². The van der Waals surface area contributed by atoms with Crippen molar-refractivity contribution in [1.82, 2.24) is 10.2 Å². The number of aryl methyl sites for hydroxylation is 1. The van der Waals surface area contributed by atoms with E-state index in [1.807, 2.05) is 12.1 Å². The number of carbonyl (C=O) groups excluding carboxylic acids is 1. The summed E-state index contributed by atoms with van der Waals surface area (Å²) in [5.74, 6) is 0.194. The van der Waals surface area contributed by atoms with E-state index >= 15 is 0 Å². The number of carbonyl (C=O) groups is 1. The fourth-order valence-corrected chi connectivity index (χ4v) is 4.04. The number of fused-ring (bicyclic) bond motifs is 1. The van der Waals surface area contributed by atoms with E-state index in [1.165, 1.54) is 11.1 Å². The molecular weight excluding hydrogens is 370 g/mol. The average molecular weight is 406 g/mol. The van der Waals surface area contributed by atoms with Crippen molar-refractivity contribution in [2.75, 3.05) is 59.3 Å². The minimum atomic E-state index is 0.194. The molecule has 29 heavy (non-hydrogen) atoms. The molecule has 2 aliphatic rings. The highest BCUT2D eigenvalue weighted by molar-refractivity contribution is 5.99. The van der Waals surface area contributed by atoms with Gasteiger partial charge in [0.05, 0.1) is 33.0 Å². The van der Waals surface area contributed by atoms with Crippen molar-refractivity contribution in [1.29, 1.82) is 0 Å². The van der Waals surface area contributed by atoms with Gasteiger partial charge in [-0.2, -0.15) is 0 Å². The molecule has 7 heteroatoms. The second-order valence-electron chi connectivity index (χ2n) is 7.61. The number of nitrogens with zero attached hydrogens (tertiary/aromatic N) is 1. The Bertz CT molecular complexity index is 634. The molecule has 1 atom stereocenters. The molecule has 0 saturated carbocycles. The monoisotopic (exact) mass is 405 g/mol. The number of nitrogens with one attached hydrogen (secondary N) is 1. The number of rotatable bonds is 13. The summed E-state index contributed by atoms with van der Waals surface area (Å²) in [7, 11) is 0. The van der Waals surface area contributed by atoms with Crippen LogP contribution in [0.1, 0.15) is 40.7 Å². The summed E-state index contributed by atoms with van der Waals surface area (Å²) in [6.07, 6.45) is 4.10. The van der Waals surface area contributed by atoms with Crippen molar-refractivity contribution in [3.63, 3.8) is 0 Å². The van der Waals surface area contributed by atoms with E-state index in [0.717, 1.165) is 50.9 Å². The SMILES string of the molecule is NCCOCCOCCOCCCc1cccc2c1CN(C1CCCNC1)C2=O. The Kier molecular flexibility index (Phi) is 9.37. The van der Waals surface area contributed by atoms with Crippen LogP contribution in [0.25, 0.3) is 0 Å². The van der Waals surface area contributed by atoms with Crippen LogP contribution < -0.4 is 11.1 Å². The largest absolute Gasteiger partial charge is 0.379 e. The zero-order chi connectivity index (χ0) is 20.3. The Morgan fingerprint density at radius 2 is 1.83 bits per heavy atom. The summed E-state index contributed by atoms with van der Waals surface area (Å²) >= 11 is 0. The summed E-state index contributed by atoms with van der Waals surface area (Å²) in [4.78, 5) is 14.9. The Hall–Kier alpha value is -1.51. The van der Waals surface area contributed by atoms with E-state index in [4.69, 9.17) is 19.9 Å². The fraction of sp³-hybridized carbons (Fsp3) is 0.682. The molecule has 2 aliphatic heterocycles. The lowest BCUT2D eigenvalue weighted by atomic mass is 10.00. The molecule has 0 radical (unpaired) electrons. The number of benzene rings is 1. The van der Waals surface area contributed by atoms with E-state index in [1.54, 1.807) is 0 Å². The minimum absolute atomic E-state index is 0.194. The number of nitrogens with two attached hydrogens (primary N) is 1. The Morgan fingerprint density at radius 3 is 2.55 bits per heavy atom. The van der Waals surface area contributed by atoms with Gasteiger partial charge in [0.2, 0.25) is 0 Å². The van der Waals surface area contributed by atoms with Crippen molar-refractivity contribution in [3.8, 4) is 0 Å². The van der Waals surface area contributed by atoms with Gasteiger partial charge < -0.3 is 30.2 Å². The highest BCUT2D eigenvalue weighted by atomic mass is 16.5. The van der Waals surface area contributed by atoms with Crippen molar-refractivity contribution in [3.05, 3.63) is 34.9 Å². The lowest BCUT2D eigenvalue weighted by molar-refractivity contribution is 0.0156. The highest BCUT2D eigenvalue weighted by Crippen LogP contribution is 2.29. The van der Waals surface area contributed by atoms with Gasteiger partial charge in [0.1, 0.15) is 0 Å². The van der Waals surface area contributed by atoms with Gasteiger partial charge in [-0.15, -0.1) is 0 Å². The molecule has 1 aromatic carbocycles. The normalized spacial score (nSPS) is 19.0. The van der Waals surface area contributed by atoms with Crippen molar-refractivity contribution in [2.24, 2.45) is 5.73 Å². The van der Waals surface area contributed by atoms with Crippen LogP contribution in [0, 0.1) is 0 Å². The Balaban J connectivity index is 1.35. The third-order valence-corrected chi connectivity index (χ3v) is 5.55. The van der Waals surface area contributed by atoms with Crippen LogP contribution in [0.15, 0.2) is 18.2 Å². The summed E-state index contributed by atoms with van der Waals surface area (Å²) in [5.41, 5.74) is 8.73. The number of hydrogen-bond donors (Lipinski definition) is 2. The molecule has 3 N–H and O–H groups in total. The minimum Gasteiger partial charge on any atom is -0.379 e. The maximum absolute atomic E-state index is 12.9. The van der Waals surface area contributed by atoms with Crippen LogP contribution in [-0.4, -0.2) is 76.1 Å². The van der Waals surface area contributed by atoms with E-state index < -0.39 is 0 Å². The van der Waals surface area contributed by atoms with Crippen LogP contribution in [-0.2, 0) is 27.2 Å². The molecule has 2 heterocycles. The first kappa shape index (κ1) is 22.2. The van der Waals surface area contributed by atoms with Crippen LogP contribution in [0.4, 0.5) is 0 Å². The maximum atomic E-state index is 12.9. The van der Waals surface area contributed by atoms with Crippen LogP contribution in [0.3, 0.4) is 0 Å². The van der Waals surface area contributed by atoms with Crippen LogP contribution in [0.2, 0.25) is 0 Å². The summed E-state index contributed by atoms with van der Waals surface area (Å²) in [6, 6.07) is 6.46. The van der Waals surface area contributed by atoms with Gasteiger partial charge in [0, 0.05) is 37.8 Å². The maximum Gasteiger partial charge on any atom is 0.254 e. The van der Waals surface area contributed by atoms with Crippen molar-refractivity contribution >= 4 is 5.91 Å². The average Bonchev–Trinajstić information content (AvgIpc) is 3.10. The topological polar surface area (TPSA) is 86.1 Å². The summed E-state index contributed by atoms with van der Waals surface area (Å²) < 4.78 is 16.4. The quantitative estimate of drug-likeness (QED) is 0.482. The third kappa shape index (κ3) is 6.49. The third-order valence-electron chi connectivity index (χ3n) is 5.55. The number of amides is 1. The molecule has 1 amide bonds. The first-order chi connectivity index (χ1) is 14.3. The molecule has 3 rings (SSSR count). The zero-order valence-corrected chi connectivity index (χ0v) is 17.4. The predicted molar refractivity (Wildman–Crippen MR) is 112 cm³/mol. The molecular formula is C22H35N3O4. The van der Waals surface area contributed by atoms with Gasteiger partial charge in [0.25, 0.3) is 5.91 Å². The molecule has 0 bridgehead atoms. The van der Waals surface area contributed by atoms with E-state index in [-0.39, 0.29) is 5.91 Å². The second-order valence-corrected chi connectivity index (χ2v) is 7.61. The summed E-state index contributed by atoms with van der Waals surface area (Å²) in [5, 5.41) is 3.42. The molecule has 7 nitrogen and oxygen atoms in total. The molecule has 0 aromatic heterocycles. The predicted octanol–water partition coefficient (Wildman–Crippen LogP) is 1.34. The zero-order valence-electron chi connectivity index (χ0n) is 17.4. The smallest absolute Gasteiger partial charge is 0.254 e. The Morgan fingerprint density at radius 1 is 1.07 bits per heavy atom. The van der Waals surface area contributed by atoms with Crippen LogP contribution >= 0.6 is 0 Å². The number of ether oxygens (including phenoxy) is 3. The molecule has 0 aliphatic carbocycles. The second kappa shape index (κ2) is 12.2. The van der Waals surface area contributed by atoms with Crippen molar-refractivity contribution < 1.29 is 19.0 Å². The first-order valence-corrected chi connectivity index (χ1v) is 10.9. The first-order valence-electron chi connectivity index (χ1n) is 10.9. The Labute approximate surface area is 173 Å². The van der Waals surface area contributed by atoms with Gasteiger partial charge >= 0.3 is 0 Å². The molecule has 1 fully saturated rings. The number of hydrogen-bond acceptors (Lipinski definition) is 6. The van der Waals surface area contributed by atoms with Crippen LogP contribution in [0.5, 0.6) is 0 Å². The van der Waals surface area contributed by atoms with Gasteiger partial charge in [-0.05, 0) is 49.4 Å². The van der Waals surface area contributed by atoms with E-state index in [0.29, 0.717) is 52.2 Å². The lowest BCUT2D eigenvalue weighted by Crippen LogP contribution is -2.46. The number of piperidine rings is 1. The molecule has 0 spiro atoms. The molecule has 1 unspecified atom stereocenters. The van der Waals surface area contributed by atoms with E-state index in [9.17, 15) is 4.79 Å². The highest BCUT2D eigenvalue weighted by Gasteiger charge is 2.34. The standard InChI is InChI=1S/C22H35N3O4/c23-8-11-28-13-15-29-14-12-27-10-3-5-18-4-1-7-20-21(18)17-25(22(20)26)19-6-2-9-24-16-19/h1,4,7,19,24H,2-3,5-6,8-17,23H2. The van der Waals surface area contributed by atoms with Crippen molar-refractivity contribution in [2.45, 2.75) is 38.3 Å². The van der Waals surface area contributed by atoms with Gasteiger partial charge in [-0.25, -0.2) is 0 Å². The summed E-state index contributed by atoms with van der Waals surface area (Å²) in [6.45, 7) is 6.83. The van der Waals surface area contributed by atoms with Gasteiger partial charge in [0.15, 0.2) is 0 Å². The molecule has 162 valence electrons. The molecule has 1 aromatic rings. The fourth-order valence-electron chi connectivity index (χ4n) is 4.04. The van der Waals surface area contributed by atoms with Gasteiger partial charge in [-0.1, -0.05) is 12.1 Å². The lowest BCUT2D eigenvalue weighted by Gasteiger charge is -2.31. The van der Waals surface area contributed by atoms with Gasteiger partial charge in [-0.3, -0.25) is 4.79 Å². The molecule has 1 saturated heterocycles.